The summed E-state index contributed by atoms with van der Waals surface area (Å²) in [6.07, 6.45) is 2.55. The van der Waals surface area contributed by atoms with Crippen LogP contribution in [0.3, 0.4) is 0 Å². The van der Waals surface area contributed by atoms with E-state index in [1.807, 2.05) is 21.1 Å². The maximum absolute atomic E-state index is 3.37. The molecule has 0 aliphatic heterocycles. The second kappa shape index (κ2) is 5.71. The van der Waals surface area contributed by atoms with Gasteiger partial charge in [0.15, 0.2) is 0 Å². The Balaban J connectivity index is 3.84. The van der Waals surface area contributed by atoms with Crippen molar-refractivity contribution in [2.24, 2.45) is 0 Å². The molecule has 0 rings (SSSR count). The molecule has 68 valence electrons. The summed E-state index contributed by atoms with van der Waals surface area (Å²) in [6.45, 7) is 2.22. The van der Waals surface area contributed by atoms with E-state index in [2.05, 4.69) is 21.9 Å². The maximum Gasteiger partial charge on any atom is 0.280 e. The minimum absolute atomic E-state index is 1.24. The Hall–Kier alpha value is 0.0969. The molecular weight excluding hydrogens is 154 g/mol. The molecule has 0 aromatic carbocycles. The summed E-state index contributed by atoms with van der Waals surface area (Å²) in [5, 5.41) is 0. The Morgan fingerprint density at radius 3 is 1.73 bits per heavy atom. The molecule has 0 radical (unpaired) electrons. The molecule has 0 atom stereocenters. The van der Waals surface area contributed by atoms with Crippen LogP contribution in [0.4, 0.5) is 0 Å². The molecule has 0 saturated heterocycles. The van der Waals surface area contributed by atoms with Crippen molar-refractivity contribution in [3.05, 3.63) is 0 Å². The first-order valence-electron chi connectivity index (χ1n) is 4.31. The Morgan fingerprint density at radius 2 is 1.45 bits per heavy atom. The number of hydrogen-bond donors (Lipinski definition) is 3. The lowest BCUT2D eigenvalue weighted by molar-refractivity contribution is 0.797. The van der Waals surface area contributed by atoms with Crippen molar-refractivity contribution in [2.75, 3.05) is 21.1 Å². The fourth-order valence-electron chi connectivity index (χ4n) is 1.19. The van der Waals surface area contributed by atoms with Gasteiger partial charge in [-0.25, -0.2) is 0 Å². The van der Waals surface area contributed by atoms with Gasteiger partial charge in [-0.2, -0.15) is 0 Å². The monoisotopic (exact) mass is 175 g/mol. The summed E-state index contributed by atoms with van der Waals surface area (Å²) in [4.78, 5) is 10.1. The number of nitrogens with one attached hydrogen (secondary N) is 3. The van der Waals surface area contributed by atoms with Crippen LogP contribution in [0.5, 0.6) is 0 Å². The summed E-state index contributed by atoms with van der Waals surface area (Å²) < 4.78 is 0. The SMILES string of the molecule is CCCC[Si](NC)(NC)NC. The van der Waals surface area contributed by atoms with Crippen LogP contribution in [-0.2, 0) is 0 Å². The van der Waals surface area contributed by atoms with Crippen LogP contribution in [0, 0.1) is 0 Å². The van der Waals surface area contributed by atoms with E-state index in [1.54, 1.807) is 0 Å². The van der Waals surface area contributed by atoms with Crippen molar-refractivity contribution in [1.82, 2.24) is 14.9 Å². The highest BCUT2D eigenvalue weighted by molar-refractivity contribution is 6.72. The minimum Gasteiger partial charge on any atom is -0.316 e. The topological polar surface area (TPSA) is 36.1 Å². The normalized spacial score (nSPS) is 12.0. The van der Waals surface area contributed by atoms with E-state index >= 15 is 0 Å². The molecule has 0 unspecified atom stereocenters. The van der Waals surface area contributed by atoms with Gasteiger partial charge in [0.1, 0.15) is 0 Å². The van der Waals surface area contributed by atoms with Gasteiger partial charge in [-0.15, -0.1) is 0 Å². The third-order valence-corrected chi connectivity index (χ3v) is 5.85. The second-order valence-electron chi connectivity index (χ2n) is 2.76. The molecule has 0 spiro atoms. The van der Waals surface area contributed by atoms with Crippen molar-refractivity contribution >= 4 is 8.56 Å². The van der Waals surface area contributed by atoms with Gasteiger partial charge in [-0.05, 0) is 27.2 Å². The summed E-state index contributed by atoms with van der Waals surface area (Å²) in [7, 11) is 4.58. The molecule has 0 saturated carbocycles. The average Bonchev–Trinajstić information content (AvgIpc) is 2.08. The van der Waals surface area contributed by atoms with E-state index in [9.17, 15) is 0 Å². The lowest BCUT2D eigenvalue weighted by atomic mass is 10.4. The first-order chi connectivity index (χ1) is 5.24. The van der Waals surface area contributed by atoms with Gasteiger partial charge in [0.2, 0.25) is 0 Å². The molecule has 0 aromatic rings. The zero-order chi connectivity index (χ0) is 8.74. The second-order valence-corrected chi connectivity index (χ2v) is 6.57. The van der Waals surface area contributed by atoms with Gasteiger partial charge >= 0.3 is 0 Å². The number of rotatable bonds is 6. The van der Waals surface area contributed by atoms with E-state index in [1.165, 1.54) is 18.9 Å². The van der Waals surface area contributed by atoms with Crippen LogP contribution in [0.25, 0.3) is 0 Å². The van der Waals surface area contributed by atoms with Crippen molar-refractivity contribution in [2.45, 2.75) is 25.8 Å². The van der Waals surface area contributed by atoms with Gasteiger partial charge < -0.3 is 14.9 Å². The van der Waals surface area contributed by atoms with Crippen molar-refractivity contribution in [3.63, 3.8) is 0 Å². The fraction of sp³-hybridized carbons (Fsp3) is 1.00. The Labute approximate surface area is 71.2 Å². The van der Waals surface area contributed by atoms with Crippen LogP contribution in [0.15, 0.2) is 0 Å². The fourth-order valence-corrected chi connectivity index (χ4v) is 3.58. The van der Waals surface area contributed by atoms with Crippen molar-refractivity contribution in [1.29, 1.82) is 0 Å². The molecule has 0 aromatic heterocycles. The highest BCUT2D eigenvalue weighted by Gasteiger charge is 2.27. The Bertz CT molecular complexity index is 85.4. The Kier molecular flexibility index (Phi) is 5.76. The van der Waals surface area contributed by atoms with Gasteiger partial charge in [-0.3, -0.25) is 0 Å². The summed E-state index contributed by atoms with van der Waals surface area (Å²) in [6, 6.07) is 1.24. The van der Waals surface area contributed by atoms with Gasteiger partial charge in [0, 0.05) is 0 Å². The first kappa shape index (κ1) is 11.1. The van der Waals surface area contributed by atoms with E-state index < -0.39 is 8.56 Å². The third-order valence-electron chi connectivity index (χ3n) is 2.19. The maximum atomic E-state index is 3.37. The van der Waals surface area contributed by atoms with Gasteiger partial charge in [0.25, 0.3) is 8.56 Å². The summed E-state index contributed by atoms with van der Waals surface area (Å²) in [5.41, 5.74) is 0. The van der Waals surface area contributed by atoms with Crippen LogP contribution < -0.4 is 14.9 Å². The molecule has 4 heteroatoms. The van der Waals surface area contributed by atoms with Crippen molar-refractivity contribution < 1.29 is 0 Å². The van der Waals surface area contributed by atoms with Gasteiger partial charge in [-0.1, -0.05) is 19.8 Å². The summed E-state index contributed by atoms with van der Waals surface area (Å²) in [5.74, 6) is 0. The predicted octanol–water partition coefficient (Wildman–Crippen LogP) is 0.384. The van der Waals surface area contributed by atoms with Crippen LogP contribution in [0.2, 0.25) is 6.04 Å². The number of hydrogen-bond acceptors (Lipinski definition) is 3. The van der Waals surface area contributed by atoms with E-state index in [0.29, 0.717) is 0 Å². The van der Waals surface area contributed by atoms with E-state index in [4.69, 9.17) is 0 Å². The molecule has 0 amide bonds. The summed E-state index contributed by atoms with van der Waals surface area (Å²) >= 11 is 0. The van der Waals surface area contributed by atoms with E-state index in [-0.39, 0.29) is 0 Å². The molecule has 11 heavy (non-hydrogen) atoms. The highest BCUT2D eigenvalue weighted by Crippen LogP contribution is 2.03. The van der Waals surface area contributed by atoms with Crippen LogP contribution in [0.1, 0.15) is 19.8 Å². The van der Waals surface area contributed by atoms with E-state index in [0.717, 1.165) is 0 Å². The highest BCUT2D eigenvalue weighted by atomic mass is 28.4. The third kappa shape index (κ3) is 3.33. The molecule has 3 N–H and O–H groups in total. The Morgan fingerprint density at radius 1 is 1.00 bits per heavy atom. The molecule has 3 nitrogen and oxygen atoms in total. The van der Waals surface area contributed by atoms with Crippen LogP contribution >= 0.6 is 0 Å². The minimum atomic E-state index is -1.49. The van der Waals surface area contributed by atoms with Gasteiger partial charge in [0.05, 0.1) is 0 Å². The largest absolute Gasteiger partial charge is 0.316 e. The molecular formula is C7H21N3Si. The lowest BCUT2D eigenvalue weighted by Crippen LogP contribution is -2.69. The predicted molar refractivity (Wildman–Crippen MR) is 52.6 cm³/mol. The quantitative estimate of drug-likeness (QED) is 0.511. The molecule has 0 aliphatic carbocycles. The molecule has 0 aliphatic rings. The first-order valence-corrected chi connectivity index (χ1v) is 6.52. The molecule has 0 bridgehead atoms. The average molecular weight is 175 g/mol. The number of unbranched alkanes of at least 4 members (excludes halogenated alkanes) is 1. The smallest absolute Gasteiger partial charge is 0.280 e. The van der Waals surface area contributed by atoms with Crippen molar-refractivity contribution in [3.8, 4) is 0 Å². The zero-order valence-corrected chi connectivity index (χ0v) is 9.12. The zero-order valence-electron chi connectivity index (χ0n) is 8.12. The van der Waals surface area contributed by atoms with Crippen LogP contribution in [-0.4, -0.2) is 29.7 Å². The molecule has 0 fully saturated rings. The standard InChI is InChI=1S/C7H21N3Si/c1-5-6-7-11(8-2,9-3)10-4/h8-10H,5-7H2,1-4H3. The molecule has 0 heterocycles. The lowest BCUT2D eigenvalue weighted by Gasteiger charge is -2.28.